The van der Waals surface area contributed by atoms with Crippen LogP contribution in [0.25, 0.3) is 11.1 Å². The number of rotatable bonds is 8. The summed E-state index contributed by atoms with van der Waals surface area (Å²) in [5.41, 5.74) is 3.95. The standard InChI is InChI=1S/C25H34N6O2/c1-17(2)31-25(30-12-6-7-19(15-30)16-32-4)28-24(29-31)27-21-8-9-22(23(14-21)33-5)20-10-11-26-18(3)13-20/h8-11,13-14,17,19H,6-7,12,15-16H2,1-5H3,(H,27,29). The number of aromatic nitrogens is 4. The Bertz CT molecular complexity index is 1080. The van der Waals surface area contributed by atoms with Gasteiger partial charge in [-0.2, -0.15) is 4.98 Å². The number of piperidine rings is 1. The Labute approximate surface area is 196 Å². The quantitative estimate of drug-likeness (QED) is 0.526. The number of nitrogens with zero attached hydrogens (tertiary/aromatic N) is 5. The second-order valence-electron chi connectivity index (χ2n) is 8.91. The summed E-state index contributed by atoms with van der Waals surface area (Å²) in [7, 11) is 3.46. The van der Waals surface area contributed by atoms with Crippen LogP contribution in [0.4, 0.5) is 17.6 Å². The molecule has 1 fully saturated rings. The molecule has 8 nitrogen and oxygen atoms in total. The monoisotopic (exact) mass is 450 g/mol. The number of hydrogen-bond acceptors (Lipinski definition) is 7. The summed E-state index contributed by atoms with van der Waals surface area (Å²) in [6.45, 7) is 8.95. The number of nitrogens with one attached hydrogen (secondary N) is 1. The van der Waals surface area contributed by atoms with Crippen LogP contribution in [0.3, 0.4) is 0 Å². The Morgan fingerprint density at radius 3 is 2.76 bits per heavy atom. The van der Waals surface area contributed by atoms with Gasteiger partial charge in [0.05, 0.1) is 19.8 Å². The molecule has 0 spiro atoms. The van der Waals surface area contributed by atoms with Crippen molar-refractivity contribution in [1.29, 1.82) is 0 Å². The third-order valence-corrected chi connectivity index (χ3v) is 5.97. The van der Waals surface area contributed by atoms with Gasteiger partial charge in [0.1, 0.15) is 5.75 Å². The first-order chi connectivity index (χ1) is 16.0. The second kappa shape index (κ2) is 10.2. The van der Waals surface area contributed by atoms with Gasteiger partial charge in [-0.1, -0.05) is 0 Å². The third kappa shape index (κ3) is 5.27. The lowest BCUT2D eigenvalue weighted by Crippen LogP contribution is -2.39. The van der Waals surface area contributed by atoms with Crippen molar-refractivity contribution in [1.82, 2.24) is 19.7 Å². The molecule has 1 aliphatic heterocycles. The van der Waals surface area contributed by atoms with Gasteiger partial charge in [-0.15, -0.1) is 5.10 Å². The van der Waals surface area contributed by atoms with E-state index in [1.54, 1.807) is 14.2 Å². The summed E-state index contributed by atoms with van der Waals surface area (Å²) in [5, 5.41) is 8.14. The van der Waals surface area contributed by atoms with Crippen LogP contribution < -0.4 is 15.0 Å². The summed E-state index contributed by atoms with van der Waals surface area (Å²) in [6, 6.07) is 10.3. The fourth-order valence-corrected chi connectivity index (χ4v) is 4.40. The average molecular weight is 451 g/mol. The lowest BCUT2D eigenvalue weighted by Gasteiger charge is -2.33. The summed E-state index contributed by atoms with van der Waals surface area (Å²) >= 11 is 0. The van der Waals surface area contributed by atoms with E-state index in [1.165, 1.54) is 6.42 Å². The molecule has 3 aromatic rings. The van der Waals surface area contributed by atoms with E-state index in [-0.39, 0.29) is 6.04 Å². The van der Waals surface area contributed by atoms with Crippen molar-refractivity contribution >= 4 is 17.6 Å². The maximum Gasteiger partial charge on any atom is 0.248 e. The Hall–Kier alpha value is -3.13. The third-order valence-electron chi connectivity index (χ3n) is 5.97. The molecule has 1 N–H and O–H groups in total. The summed E-state index contributed by atoms with van der Waals surface area (Å²) < 4.78 is 13.1. The molecule has 1 aliphatic rings. The Balaban J connectivity index is 1.58. The predicted molar refractivity (Wildman–Crippen MR) is 131 cm³/mol. The van der Waals surface area contributed by atoms with E-state index in [0.29, 0.717) is 11.9 Å². The fraction of sp³-hybridized carbons (Fsp3) is 0.480. The van der Waals surface area contributed by atoms with E-state index in [1.807, 2.05) is 36.0 Å². The topological polar surface area (TPSA) is 77.3 Å². The molecular formula is C25H34N6O2. The number of hydrogen-bond donors (Lipinski definition) is 1. The number of anilines is 3. The maximum absolute atomic E-state index is 5.69. The molecule has 1 unspecified atom stereocenters. The molecule has 1 aromatic carbocycles. The molecule has 0 bridgehead atoms. The summed E-state index contributed by atoms with van der Waals surface area (Å²) in [5.74, 6) is 2.80. The smallest absolute Gasteiger partial charge is 0.248 e. The van der Waals surface area contributed by atoms with Gasteiger partial charge < -0.3 is 19.7 Å². The van der Waals surface area contributed by atoms with Crippen molar-refractivity contribution in [2.75, 3.05) is 44.1 Å². The van der Waals surface area contributed by atoms with Crippen molar-refractivity contribution in [3.8, 4) is 16.9 Å². The first-order valence-electron chi connectivity index (χ1n) is 11.6. The van der Waals surface area contributed by atoms with Crippen molar-refractivity contribution in [2.24, 2.45) is 5.92 Å². The van der Waals surface area contributed by atoms with Gasteiger partial charge >= 0.3 is 0 Å². The van der Waals surface area contributed by atoms with Gasteiger partial charge in [-0.25, -0.2) is 4.68 Å². The SMILES string of the molecule is COCC1CCCN(c2nc(Nc3ccc(-c4ccnc(C)c4)c(OC)c3)nn2C(C)C)C1. The number of aryl methyl sites for hydroxylation is 1. The number of ether oxygens (including phenoxy) is 2. The minimum absolute atomic E-state index is 0.206. The fourth-order valence-electron chi connectivity index (χ4n) is 4.40. The lowest BCUT2D eigenvalue weighted by molar-refractivity contribution is 0.142. The minimum Gasteiger partial charge on any atom is -0.496 e. The van der Waals surface area contributed by atoms with E-state index < -0.39 is 0 Å². The Kier molecular flexibility index (Phi) is 7.13. The predicted octanol–water partition coefficient (Wildman–Crippen LogP) is 4.84. The van der Waals surface area contributed by atoms with E-state index in [0.717, 1.165) is 60.3 Å². The normalized spacial score (nSPS) is 16.3. The first-order valence-corrected chi connectivity index (χ1v) is 11.6. The molecule has 8 heteroatoms. The van der Waals surface area contributed by atoms with Gasteiger partial charge in [0.2, 0.25) is 11.9 Å². The minimum atomic E-state index is 0.206. The molecule has 176 valence electrons. The molecular weight excluding hydrogens is 416 g/mol. The molecule has 0 amide bonds. The van der Waals surface area contributed by atoms with Crippen LogP contribution in [-0.4, -0.2) is 53.7 Å². The Morgan fingerprint density at radius 1 is 1.18 bits per heavy atom. The maximum atomic E-state index is 5.69. The van der Waals surface area contributed by atoms with Crippen molar-refractivity contribution in [3.05, 3.63) is 42.2 Å². The number of methoxy groups -OCH3 is 2. The van der Waals surface area contributed by atoms with Crippen LogP contribution in [0.2, 0.25) is 0 Å². The molecule has 1 saturated heterocycles. The highest BCUT2D eigenvalue weighted by Crippen LogP contribution is 2.34. The van der Waals surface area contributed by atoms with E-state index >= 15 is 0 Å². The van der Waals surface area contributed by atoms with Gasteiger partial charge in [0.25, 0.3) is 0 Å². The van der Waals surface area contributed by atoms with Crippen molar-refractivity contribution in [2.45, 2.75) is 39.7 Å². The van der Waals surface area contributed by atoms with E-state index in [2.05, 4.69) is 41.2 Å². The largest absolute Gasteiger partial charge is 0.496 e. The van der Waals surface area contributed by atoms with E-state index in [9.17, 15) is 0 Å². The van der Waals surface area contributed by atoms with Crippen molar-refractivity contribution in [3.63, 3.8) is 0 Å². The van der Waals surface area contributed by atoms with Gasteiger partial charge in [-0.05, 0) is 69.4 Å². The molecule has 0 saturated carbocycles. The van der Waals surface area contributed by atoms with Gasteiger partial charge in [0.15, 0.2) is 0 Å². The lowest BCUT2D eigenvalue weighted by atomic mass is 9.99. The average Bonchev–Trinajstić information content (AvgIpc) is 3.23. The molecule has 0 aliphatic carbocycles. The molecule has 33 heavy (non-hydrogen) atoms. The highest BCUT2D eigenvalue weighted by molar-refractivity contribution is 5.74. The molecule has 0 radical (unpaired) electrons. The van der Waals surface area contributed by atoms with Crippen LogP contribution in [-0.2, 0) is 4.74 Å². The highest BCUT2D eigenvalue weighted by atomic mass is 16.5. The zero-order valence-corrected chi connectivity index (χ0v) is 20.2. The van der Waals surface area contributed by atoms with Crippen molar-refractivity contribution < 1.29 is 9.47 Å². The second-order valence-corrected chi connectivity index (χ2v) is 8.91. The number of pyridine rings is 1. The van der Waals surface area contributed by atoms with Gasteiger partial charge in [-0.3, -0.25) is 4.98 Å². The van der Waals surface area contributed by atoms with Crippen LogP contribution in [0.15, 0.2) is 36.5 Å². The number of benzene rings is 1. The zero-order valence-electron chi connectivity index (χ0n) is 20.2. The zero-order chi connectivity index (χ0) is 23.4. The van der Waals surface area contributed by atoms with E-state index in [4.69, 9.17) is 19.6 Å². The first kappa shape index (κ1) is 23.0. The van der Waals surface area contributed by atoms with Gasteiger partial charge in [0, 0.05) is 49.4 Å². The summed E-state index contributed by atoms with van der Waals surface area (Å²) in [6.07, 6.45) is 4.14. The molecule has 2 aromatic heterocycles. The van der Waals surface area contributed by atoms with Crippen LogP contribution >= 0.6 is 0 Å². The van der Waals surface area contributed by atoms with Crippen LogP contribution in [0, 0.1) is 12.8 Å². The Morgan fingerprint density at radius 2 is 2.03 bits per heavy atom. The highest BCUT2D eigenvalue weighted by Gasteiger charge is 2.25. The summed E-state index contributed by atoms with van der Waals surface area (Å²) in [4.78, 5) is 11.5. The van der Waals surface area contributed by atoms with Crippen LogP contribution in [0.5, 0.6) is 5.75 Å². The molecule has 1 atom stereocenters. The molecule has 3 heterocycles. The van der Waals surface area contributed by atoms with Crippen LogP contribution in [0.1, 0.15) is 38.4 Å². The molecule has 4 rings (SSSR count).